The molecule has 0 heterocycles. The average molecular weight is 209 g/mol. The van der Waals surface area contributed by atoms with Crippen LogP contribution in [-0.4, -0.2) is 19.6 Å². The molecule has 1 rings (SSSR count). The predicted octanol–water partition coefficient (Wildman–Crippen LogP) is 1.33. The van der Waals surface area contributed by atoms with E-state index >= 15 is 0 Å². The zero-order chi connectivity index (χ0) is 11.3. The Morgan fingerprint density at radius 2 is 2.20 bits per heavy atom. The largest absolute Gasteiger partial charge is 0.496 e. The summed E-state index contributed by atoms with van der Waals surface area (Å²) in [5, 5.41) is 0. The van der Waals surface area contributed by atoms with Crippen molar-refractivity contribution < 1.29 is 14.3 Å². The van der Waals surface area contributed by atoms with Crippen molar-refractivity contribution in [3.63, 3.8) is 0 Å². The van der Waals surface area contributed by atoms with Crippen LogP contribution >= 0.6 is 0 Å². The van der Waals surface area contributed by atoms with E-state index in [1.807, 2.05) is 6.92 Å². The Bertz CT molecular complexity index is 350. The maximum atomic E-state index is 11.0. The van der Waals surface area contributed by atoms with Crippen LogP contribution in [0.3, 0.4) is 0 Å². The first-order valence-electron chi connectivity index (χ1n) is 4.73. The third-order valence-electron chi connectivity index (χ3n) is 2.03. The number of carbonyl (C=O) groups excluding carboxylic acids is 1. The molecule has 0 aliphatic heterocycles. The highest BCUT2D eigenvalue weighted by Crippen LogP contribution is 2.20. The highest BCUT2D eigenvalue weighted by molar-refractivity contribution is 5.93. The number of rotatable bonds is 5. The standard InChI is InChI=1S/C11H15NO3/c1-3-15-7-9-6-8(11(12)13)4-5-10(9)14-2/h4-6H,3,7H2,1-2H3,(H2,12,13). The highest BCUT2D eigenvalue weighted by Gasteiger charge is 2.07. The minimum absolute atomic E-state index is 0.417. The van der Waals surface area contributed by atoms with Crippen molar-refractivity contribution in [3.8, 4) is 5.75 Å². The SMILES string of the molecule is CCOCc1cc(C(N)=O)ccc1OC. The molecule has 0 atom stereocenters. The Morgan fingerprint density at radius 1 is 1.47 bits per heavy atom. The van der Waals surface area contributed by atoms with Gasteiger partial charge in [-0.05, 0) is 25.1 Å². The maximum absolute atomic E-state index is 11.0. The fourth-order valence-corrected chi connectivity index (χ4v) is 1.26. The number of hydrogen-bond donors (Lipinski definition) is 1. The third kappa shape index (κ3) is 2.95. The summed E-state index contributed by atoms with van der Waals surface area (Å²) in [7, 11) is 1.58. The Kier molecular flexibility index (Phi) is 4.12. The molecule has 0 saturated heterocycles. The number of primary amides is 1. The quantitative estimate of drug-likeness (QED) is 0.795. The molecule has 0 spiro atoms. The first-order valence-corrected chi connectivity index (χ1v) is 4.73. The van der Waals surface area contributed by atoms with Crippen molar-refractivity contribution in [1.29, 1.82) is 0 Å². The first-order chi connectivity index (χ1) is 7.19. The second kappa shape index (κ2) is 5.36. The Balaban J connectivity index is 2.96. The number of nitrogens with two attached hydrogens (primary N) is 1. The minimum atomic E-state index is -0.449. The molecule has 0 saturated carbocycles. The molecule has 2 N–H and O–H groups in total. The summed E-state index contributed by atoms with van der Waals surface area (Å²) in [4.78, 5) is 11.0. The molecular formula is C11H15NO3. The van der Waals surface area contributed by atoms with Crippen LogP contribution in [0.4, 0.5) is 0 Å². The van der Waals surface area contributed by atoms with Crippen LogP contribution in [0.1, 0.15) is 22.8 Å². The van der Waals surface area contributed by atoms with Crippen molar-refractivity contribution >= 4 is 5.91 Å². The van der Waals surface area contributed by atoms with E-state index in [2.05, 4.69) is 0 Å². The molecule has 82 valence electrons. The summed E-state index contributed by atoms with van der Waals surface area (Å²) in [6, 6.07) is 5.04. The fourth-order valence-electron chi connectivity index (χ4n) is 1.26. The predicted molar refractivity (Wildman–Crippen MR) is 56.8 cm³/mol. The number of ether oxygens (including phenoxy) is 2. The highest BCUT2D eigenvalue weighted by atomic mass is 16.5. The van der Waals surface area contributed by atoms with E-state index in [9.17, 15) is 4.79 Å². The van der Waals surface area contributed by atoms with E-state index in [1.54, 1.807) is 25.3 Å². The normalized spacial score (nSPS) is 10.0. The van der Waals surface area contributed by atoms with Crippen LogP contribution in [0.25, 0.3) is 0 Å². The molecule has 0 unspecified atom stereocenters. The summed E-state index contributed by atoms with van der Waals surface area (Å²) in [5.41, 5.74) is 6.47. The smallest absolute Gasteiger partial charge is 0.248 e. The zero-order valence-corrected chi connectivity index (χ0v) is 8.95. The first kappa shape index (κ1) is 11.5. The van der Waals surface area contributed by atoms with E-state index in [4.69, 9.17) is 15.2 Å². The van der Waals surface area contributed by atoms with Gasteiger partial charge in [0.1, 0.15) is 5.75 Å². The molecule has 1 aromatic carbocycles. The van der Waals surface area contributed by atoms with Crippen molar-refractivity contribution in [2.24, 2.45) is 5.73 Å². The van der Waals surface area contributed by atoms with Gasteiger partial charge >= 0.3 is 0 Å². The number of methoxy groups -OCH3 is 1. The lowest BCUT2D eigenvalue weighted by molar-refractivity contribution is 0.0999. The number of benzene rings is 1. The van der Waals surface area contributed by atoms with Crippen LogP contribution in [0.2, 0.25) is 0 Å². The Hall–Kier alpha value is -1.55. The van der Waals surface area contributed by atoms with Gasteiger partial charge in [0.15, 0.2) is 0 Å². The van der Waals surface area contributed by atoms with E-state index in [1.165, 1.54) is 0 Å². The molecule has 1 aromatic rings. The van der Waals surface area contributed by atoms with Crippen LogP contribution in [0, 0.1) is 0 Å². The van der Waals surface area contributed by atoms with E-state index < -0.39 is 5.91 Å². The van der Waals surface area contributed by atoms with Crippen LogP contribution in [-0.2, 0) is 11.3 Å². The van der Waals surface area contributed by atoms with Gasteiger partial charge in [0, 0.05) is 17.7 Å². The summed E-state index contributed by atoms with van der Waals surface area (Å²) < 4.78 is 10.4. The van der Waals surface area contributed by atoms with Crippen LogP contribution in [0.15, 0.2) is 18.2 Å². The van der Waals surface area contributed by atoms with Crippen molar-refractivity contribution in [1.82, 2.24) is 0 Å². The second-order valence-corrected chi connectivity index (χ2v) is 3.03. The molecule has 0 fully saturated rings. The molecule has 4 heteroatoms. The van der Waals surface area contributed by atoms with Crippen LogP contribution in [0.5, 0.6) is 5.75 Å². The van der Waals surface area contributed by atoms with Crippen molar-refractivity contribution in [3.05, 3.63) is 29.3 Å². The molecule has 15 heavy (non-hydrogen) atoms. The van der Waals surface area contributed by atoms with Crippen LogP contribution < -0.4 is 10.5 Å². The lowest BCUT2D eigenvalue weighted by Crippen LogP contribution is -2.11. The van der Waals surface area contributed by atoms with Gasteiger partial charge in [0.2, 0.25) is 5.91 Å². The number of carbonyl (C=O) groups is 1. The van der Waals surface area contributed by atoms with E-state index in [-0.39, 0.29) is 0 Å². The van der Waals surface area contributed by atoms with Gasteiger partial charge in [-0.2, -0.15) is 0 Å². The summed E-state index contributed by atoms with van der Waals surface area (Å²) in [5.74, 6) is 0.254. The van der Waals surface area contributed by atoms with Crippen molar-refractivity contribution in [2.75, 3.05) is 13.7 Å². The molecule has 0 aromatic heterocycles. The Labute approximate surface area is 89.0 Å². The maximum Gasteiger partial charge on any atom is 0.248 e. The van der Waals surface area contributed by atoms with Gasteiger partial charge in [-0.3, -0.25) is 4.79 Å². The third-order valence-corrected chi connectivity index (χ3v) is 2.03. The Morgan fingerprint density at radius 3 is 2.73 bits per heavy atom. The summed E-state index contributed by atoms with van der Waals surface area (Å²) >= 11 is 0. The van der Waals surface area contributed by atoms with E-state index in [0.717, 1.165) is 5.56 Å². The van der Waals surface area contributed by atoms with Gasteiger partial charge in [0.25, 0.3) is 0 Å². The second-order valence-electron chi connectivity index (χ2n) is 3.03. The lowest BCUT2D eigenvalue weighted by Gasteiger charge is -2.09. The van der Waals surface area contributed by atoms with Gasteiger partial charge in [0.05, 0.1) is 13.7 Å². The molecule has 0 bridgehead atoms. The fraction of sp³-hybridized carbons (Fsp3) is 0.364. The average Bonchev–Trinajstić information content (AvgIpc) is 2.25. The van der Waals surface area contributed by atoms with Gasteiger partial charge in [-0.15, -0.1) is 0 Å². The summed E-state index contributed by atoms with van der Waals surface area (Å²) in [6.07, 6.45) is 0. The van der Waals surface area contributed by atoms with Gasteiger partial charge in [-0.1, -0.05) is 0 Å². The van der Waals surface area contributed by atoms with Gasteiger partial charge in [-0.25, -0.2) is 0 Å². The van der Waals surface area contributed by atoms with Gasteiger partial charge < -0.3 is 15.2 Å². The lowest BCUT2D eigenvalue weighted by atomic mass is 10.1. The molecular weight excluding hydrogens is 194 g/mol. The topological polar surface area (TPSA) is 61.5 Å². The van der Waals surface area contributed by atoms with Crippen molar-refractivity contribution in [2.45, 2.75) is 13.5 Å². The molecule has 4 nitrogen and oxygen atoms in total. The number of amides is 1. The monoisotopic (exact) mass is 209 g/mol. The zero-order valence-electron chi connectivity index (χ0n) is 8.95. The molecule has 1 amide bonds. The van der Waals surface area contributed by atoms with E-state index in [0.29, 0.717) is 24.5 Å². The summed E-state index contributed by atoms with van der Waals surface area (Å²) in [6.45, 7) is 2.94. The number of hydrogen-bond acceptors (Lipinski definition) is 3. The minimum Gasteiger partial charge on any atom is -0.496 e. The molecule has 0 aliphatic carbocycles. The molecule has 0 radical (unpaired) electrons. The molecule has 0 aliphatic rings.